The van der Waals surface area contributed by atoms with E-state index in [9.17, 15) is 9.59 Å². The molecule has 0 spiro atoms. The van der Waals surface area contributed by atoms with E-state index < -0.39 is 0 Å². The zero-order valence-electron chi connectivity index (χ0n) is 20.1. The van der Waals surface area contributed by atoms with Crippen LogP contribution < -0.4 is 5.32 Å². The van der Waals surface area contributed by atoms with Gasteiger partial charge in [0.05, 0.1) is 16.1 Å². The summed E-state index contributed by atoms with van der Waals surface area (Å²) in [5, 5.41) is 3.77. The number of carbonyl (C=O) groups is 2. The van der Waals surface area contributed by atoms with Crippen LogP contribution in [0.3, 0.4) is 0 Å². The molecule has 2 saturated heterocycles. The van der Waals surface area contributed by atoms with Gasteiger partial charge >= 0.3 is 6.03 Å². The fraction of sp³-hybridized carbons (Fsp3) is 0.481. The van der Waals surface area contributed by atoms with E-state index in [0.717, 1.165) is 38.2 Å². The Morgan fingerprint density at radius 3 is 2.46 bits per heavy atom. The molecule has 2 aromatic rings. The molecular formula is C27H34Cl2N4O2. The highest BCUT2D eigenvalue weighted by Crippen LogP contribution is 2.26. The van der Waals surface area contributed by atoms with Crippen LogP contribution in [0.5, 0.6) is 0 Å². The summed E-state index contributed by atoms with van der Waals surface area (Å²) in [6.07, 6.45) is 5.83. The molecule has 8 heteroatoms. The molecule has 1 atom stereocenters. The first-order valence-electron chi connectivity index (χ1n) is 12.6. The van der Waals surface area contributed by atoms with E-state index in [4.69, 9.17) is 23.2 Å². The standard InChI is InChI=1S/C27H34Cl2N4O2/c28-24-11-10-22(19-25(24)29)30-27(35)33-17-12-26(34)32(16-7-15-31-13-5-2-6-14-31)20-23(33)18-21-8-3-1-4-9-21/h1,3-4,8-11,19,23H,2,5-7,12-18,20H2,(H,30,35)/t23-/m1/s1. The Kier molecular flexibility index (Phi) is 9.30. The normalized spacial score (nSPS) is 19.5. The van der Waals surface area contributed by atoms with Crippen LogP contribution in [-0.4, -0.2) is 71.9 Å². The molecular weight excluding hydrogens is 483 g/mol. The Morgan fingerprint density at radius 1 is 0.943 bits per heavy atom. The third-order valence-corrected chi connectivity index (χ3v) is 7.63. The summed E-state index contributed by atoms with van der Waals surface area (Å²) in [6.45, 7) is 4.98. The van der Waals surface area contributed by atoms with Crippen molar-refractivity contribution in [1.82, 2.24) is 14.7 Å². The molecule has 2 aliphatic rings. The van der Waals surface area contributed by atoms with Gasteiger partial charge in [0.2, 0.25) is 5.91 Å². The number of carbonyl (C=O) groups excluding carboxylic acids is 2. The monoisotopic (exact) mass is 516 g/mol. The molecule has 6 nitrogen and oxygen atoms in total. The largest absolute Gasteiger partial charge is 0.341 e. The minimum atomic E-state index is -0.229. The fourth-order valence-electron chi connectivity index (χ4n) is 4.99. The summed E-state index contributed by atoms with van der Waals surface area (Å²) in [5.41, 5.74) is 1.73. The number of nitrogens with zero attached hydrogens (tertiary/aromatic N) is 3. The lowest BCUT2D eigenvalue weighted by Gasteiger charge is -2.32. The van der Waals surface area contributed by atoms with E-state index in [-0.39, 0.29) is 18.0 Å². The predicted molar refractivity (Wildman–Crippen MR) is 142 cm³/mol. The predicted octanol–water partition coefficient (Wildman–Crippen LogP) is 5.55. The molecule has 2 heterocycles. The molecule has 0 unspecified atom stereocenters. The maximum absolute atomic E-state index is 13.4. The number of rotatable bonds is 7. The fourth-order valence-corrected chi connectivity index (χ4v) is 5.29. The lowest BCUT2D eigenvalue weighted by Crippen LogP contribution is -2.48. The molecule has 0 aliphatic carbocycles. The van der Waals surface area contributed by atoms with Crippen LogP contribution in [-0.2, 0) is 11.2 Å². The quantitative estimate of drug-likeness (QED) is 0.524. The molecule has 2 fully saturated rings. The van der Waals surface area contributed by atoms with E-state index in [0.29, 0.717) is 41.7 Å². The van der Waals surface area contributed by atoms with Crippen molar-refractivity contribution in [3.8, 4) is 0 Å². The third kappa shape index (κ3) is 7.35. The van der Waals surface area contributed by atoms with Crippen LogP contribution in [0.2, 0.25) is 10.0 Å². The van der Waals surface area contributed by atoms with Gasteiger partial charge in [-0.3, -0.25) is 4.79 Å². The van der Waals surface area contributed by atoms with Crippen LogP contribution >= 0.6 is 23.2 Å². The van der Waals surface area contributed by atoms with Crippen LogP contribution in [0, 0.1) is 0 Å². The number of piperidine rings is 1. The molecule has 4 rings (SSSR count). The lowest BCUT2D eigenvalue weighted by atomic mass is 10.0. The second-order valence-corrected chi connectivity index (χ2v) is 10.3. The van der Waals surface area contributed by atoms with E-state index in [1.54, 1.807) is 23.1 Å². The lowest BCUT2D eigenvalue weighted by molar-refractivity contribution is -0.130. The Hall–Kier alpha value is -2.28. The minimum Gasteiger partial charge on any atom is -0.341 e. The summed E-state index contributed by atoms with van der Waals surface area (Å²) in [7, 11) is 0. The zero-order valence-corrected chi connectivity index (χ0v) is 21.6. The Morgan fingerprint density at radius 2 is 1.71 bits per heavy atom. The first-order chi connectivity index (χ1) is 17.0. The molecule has 0 saturated carbocycles. The van der Waals surface area contributed by atoms with Gasteiger partial charge in [-0.1, -0.05) is 60.0 Å². The molecule has 0 bridgehead atoms. The zero-order chi connectivity index (χ0) is 24.6. The van der Waals surface area contributed by atoms with E-state index in [1.807, 2.05) is 23.1 Å². The van der Waals surface area contributed by atoms with Crippen LogP contribution in [0.15, 0.2) is 48.5 Å². The molecule has 35 heavy (non-hydrogen) atoms. The SMILES string of the molecule is O=C1CCN(C(=O)Nc2ccc(Cl)c(Cl)c2)[C@H](Cc2ccccc2)CN1CCCN1CCCCC1. The topological polar surface area (TPSA) is 55.9 Å². The van der Waals surface area contributed by atoms with Gasteiger partial charge in [-0.15, -0.1) is 0 Å². The van der Waals surface area contributed by atoms with Crippen molar-refractivity contribution in [3.05, 3.63) is 64.1 Å². The van der Waals surface area contributed by atoms with Crippen LogP contribution in [0.1, 0.15) is 37.7 Å². The van der Waals surface area contributed by atoms with Crippen molar-refractivity contribution in [2.24, 2.45) is 0 Å². The van der Waals surface area contributed by atoms with Crippen molar-refractivity contribution in [2.45, 2.75) is 44.6 Å². The molecule has 3 amide bonds. The van der Waals surface area contributed by atoms with Crippen molar-refractivity contribution in [3.63, 3.8) is 0 Å². The van der Waals surface area contributed by atoms with E-state index >= 15 is 0 Å². The average molecular weight is 518 g/mol. The number of amides is 3. The molecule has 2 aromatic carbocycles. The van der Waals surface area contributed by atoms with Crippen LogP contribution in [0.25, 0.3) is 0 Å². The van der Waals surface area contributed by atoms with Gasteiger partial charge in [0.15, 0.2) is 0 Å². The van der Waals surface area contributed by atoms with Gasteiger partial charge in [-0.2, -0.15) is 0 Å². The smallest absolute Gasteiger partial charge is 0.322 e. The molecule has 2 aliphatic heterocycles. The first-order valence-corrected chi connectivity index (χ1v) is 13.3. The molecule has 188 valence electrons. The maximum Gasteiger partial charge on any atom is 0.322 e. The summed E-state index contributed by atoms with van der Waals surface area (Å²) < 4.78 is 0. The van der Waals surface area contributed by atoms with E-state index in [2.05, 4.69) is 22.3 Å². The van der Waals surface area contributed by atoms with Gasteiger partial charge in [0.25, 0.3) is 0 Å². The average Bonchev–Trinajstić information content (AvgIpc) is 3.01. The van der Waals surface area contributed by atoms with Crippen molar-refractivity contribution >= 4 is 40.8 Å². The van der Waals surface area contributed by atoms with Gasteiger partial charge in [-0.05, 0) is 69.1 Å². The van der Waals surface area contributed by atoms with Crippen molar-refractivity contribution < 1.29 is 9.59 Å². The Bertz CT molecular complexity index is 998. The number of urea groups is 1. The number of hydrogen-bond acceptors (Lipinski definition) is 3. The van der Waals surface area contributed by atoms with Crippen molar-refractivity contribution in [2.75, 3.05) is 44.6 Å². The highest BCUT2D eigenvalue weighted by Gasteiger charge is 2.32. The number of hydrogen-bond donors (Lipinski definition) is 1. The number of nitrogens with one attached hydrogen (secondary N) is 1. The van der Waals surface area contributed by atoms with Gasteiger partial charge in [0, 0.05) is 31.7 Å². The third-order valence-electron chi connectivity index (χ3n) is 6.89. The summed E-state index contributed by atoms with van der Waals surface area (Å²) >= 11 is 12.2. The van der Waals surface area contributed by atoms with Crippen molar-refractivity contribution in [1.29, 1.82) is 0 Å². The van der Waals surface area contributed by atoms with Gasteiger partial charge in [-0.25, -0.2) is 4.79 Å². The maximum atomic E-state index is 13.4. The van der Waals surface area contributed by atoms with Gasteiger partial charge < -0.3 is 20.0 Å². The second kappa shape index (κ2) is 12.6. The highest BCUT2D eigenvalue weighted by atomic mass is 35.5. The second-order valence-electron chi connectivity index (χ2n) is 9.44. The summed E-state index contributed by atoms with van der Waals surface area (Å²) in [5.74, 6) is 0.117. The van der Waals surface area contributed by atoms with Crippen LogP contribution in [0.4, 0.5) is 10.5 Å². The number of benzene rings is 2. The summed E-state index contributed by atoms with van der Waals surface area (Å²) in [4.78, 5) is 32.6. The minimum absolute atomic E-state index is 0.117. The highest BCUT2D eigenvalue weighted by molar-refractivity contribution is 6.42. The Labute approximate surface area is 218 Å². The molecule has 1 N–H and O–H groups in total. The summed E-state index contributed by atoms with van der Waals surface area (Å²) in [6, 6.07) is 14.8. The molecule has 0 aromatic heterocycles. The van der Waals surface area contributed by atoms with E-state index in [1.165, 1.54) is 19.3 Å². The van der Waals surface area contributed by atoms with Gasteiger partial charge in [0.1, 0.15) is 0 Å². The Balaban J connectivity index is 1.45. The molecule has 0 radical (unpaired) electrons. The number of likely N-dealkylation sites (tertiary alicyclic amines) is 1. The first kappa shape index (κ1) is 25.8. The number of halogens is 2. The number of anilines is 1.